The summed E-state index contributed by atoms with van der Waals surface area (Å²) in [6.45, 7) is 1.95. The van der Waals surface area contributed by atoms with Crippen molar-refractivity contribution in [2.75, 3.05) is 18.8 Å². The van der Waals surface area contributed by atoms with E-state index in [1.54, 1.807) is 39.6 Å². The van der Waals surface area contributed by atoms with Gasteiger partial charge < -0.3 is 15.7 Å². The van der Waals surface area contributed by atoms with Gasteiger partial charge in [0, 0.05) is 30.1 Å². The molecule has 4 heterocycles. The zero-order valence-corrected chi connectivity index (χ0v) is 27.1. The molecule has 7 rings (SSSR count). The van der Waals surface area contributed by atoms with Gasteiger partial charge in [0.15, 0.2) is 5.65 Å². The van der Waals surface area contributed by atoms with Crippen LogP contribution in [0.4, 0.5) is 5.82 Å². The minimum absolute atomic E-state index is 0.106. The molecule has 0 spiro atoms. The minimum atomic E-state index is -0.197. The van der Waals surface area contributed by atoms with E-state index in [4.69, 9.17) is 27.4 Å². The first kappa shape index (κ1) is 31.3. The highest BCUT2D eigenvalue weighted by Crippen LogP contribution is 2.31. The van der Waals surface area contributed by atoms with E-state index in [-0.39, 0.29) is 36.1 Å². The number of aryl methyl sites for hydroxylation is 1. The SMILES string of the molecule is Nc1ncnc2c1c(-c1ccc(O)cc1)nn2Cc1nc2cccc(CCCC(=O)N3CCCCC3)c2c(=O)n1Cc1ccccc1Cl. The highest BCUT2D eigenvalue weighted by molar-refractivity contribution is 6.31. The van der Waals surface area contributed by atoms with Crippen molar-refractivity contribution in [3.8, 4) is 17.0 Å². The molecule has 244 valence electrons. The highest BCUT2D eigenvalue weighted by atomic mass is 35.5. The molecule has 48 heavy (non-hydrogen) atoms. The molecule has 1 fully saturated rings. The number of rotatable bonds is 9. The van der Waals surface area contributed by atoms with Crippen LogP contribution < -0.4 is 11.3 Å². The van der Waals surface area contributed by atoms with Crippen LogP contribution in [0.15, 0.2) is 77.9 Å². The Morgan fingerprint density at radius 1 is 0.896 bits per heavy atom. The predicted molar refractivity (Wildman–Crippen MR) is 186 cm³/mol. The summed E-state index contributed by atoms with van der Waals surface area (Å²) in [6, 6.07) is 19.8. The first-order chi connectivity index (χ1) is 23.4. The summed E-state index contributed by atoms with van der Waals surface area (Å²) in [5.41, 5.74) is 10.1. The fourth-order valence-corrected chi connectivity index (χ4v) is 6.69. The first-order valence-electron chi connectivity index (χ1n) is 16.2. The maximum atomic E-state index is 14.5. The number of nitrogen functional groups attached to an aromatic ring is 1. The number of hydrogen-bond donors (Lipinski definition) is 2. The average molecular weight is 663 g/mol. The number of phenolic OH excluding ortho intramolecular Hbond substituents is 1. The van der Waals surface area contributed by atoms with Crippen LogP contribution in [-0.4, -0.2) is 58.3 Å². The highest BCUT2D eigenvalue weighted by Gasteiger charge is 2.22. The smallest absolute Gasteiger partial charge is 0.262 e. The van der Waals surface area contributed by atoms with Crippen molar-refractivity contribution in [2.45, 2.75) is 51.6 Å². The number of carbonyl (C=O) groups excluding carboxylic acids is 1. The van der Waals surface area contributed by atoms with Crippen LogP contribution in [0.1, 0.15) is 49.1 Å². The van der Waals surface area contributed by atoms with E-state index in [1.807, 2.05) is 41.3 Å². The number of aromatic hydroxyl groups is 1. The lowest BCUT2D eigenvalue weighted by atomic mass is 10.0. The number of nitrogens with zero attached hydrogens (tertiary/aromatic N) is 7. The van der Waals surface area contributed by atoms with Crippen LogP contribution in [0.25, 0.3) is 33.2 Å². The Morgan fingerprint density at radius 3 is 2.46 bits per heavy atom. The van der Waals surface area contributed by atoms with Crippen molar-refractivity contribution in [2.24, 2.45) is 0 Å². The van der Waals surface area contributed by atoms with Gasteiger partial charge >= 0.3 is 0 Å². The molecule has 6 aromatic rings. The molecule has 0 atom stereocenters. The van der Waals surface area contributed by atoms with Crippen molar-refractivity contribution in [3.05, 3.63) is 105 Å². The molecular formula is C36H35ClN8O3. The largest absolute Gasteiger partial charge is 0.508 e. The summed E-state index contributed by atoms with van der Waals surface area (Å²) < 4.78 is 3.31. The topological polar surface area (TPSA) is 145 Å². The van der Waals surface area contributed by atoms with Crippen molar-refractivity contribution < 1.29 is 9.90 Å². The third-order valence-corrected chi connectivity index (χ3v) is 9.34. The van der Waals surface area contributed by atoms with Crippen molar-refractivity contribution in [1.82, 2.24) is 34.2 Å². The molecule has 0 radical (unpaired) electrons. The van der Waals surface area contributed by atoms with Crippen LogP contribution in [0.5, 0.6) is 5.75 Å². The van der Waals surface area contributed by atoms with E-state index in [0.29, 0.717) is 57.7 Å². The van der Waals surface area contributed by atoms with E-state index < -0.39 is 0 Å². The van der Waals surface area contributed by atoms with Gasteiger partial charge in [-0.3, -0.25) is 14.2 Å². The molecule has 0 bridgehead atoms. The molecule has 1 aliphatic heterocycles. The van der Waals surface area contributed by atoms with Gasteiger partial charge in [0.2, 0.25) is 5.91 Å². The van der Waals surface area contributed by atoms with E-state index in [1.165, 1.54) is 12.7 Å². The number of nitrogens with two attached hydrogens (primary N) is 1. The Morgan fingerprint density at radius 2 is 1.67 bits per heavy atom. The fraction of sp³-hybridized carbons (Fsp3) is 0.278. The number of halogens is 1. The van der Waals surface area contributed by atoms with Crippen LogP contribution >= 0.6 is 11.6 Å². The number of fused-ring (bicyclic) bond motifs is 2. The Kier molecular flexibility index (Phi) is 8.77. The Hall–Kier alpha value is -5.29. The third kappa shape index (κ3) is 6.21. The molecule has 3 aromatic carbocycles. The van der Waals surface area contributed by atoms with Gasteiger partial charge in [0.1, 0.15) is 36.0 Å². The Balaban J connectivity index is 1.29. The van der Waals surface area contributed by atoms with Gasteiger partial charge in [-0.15, -0.1) is 0 Å². The van der Waals surface area contributed by atoms with Gasteiger partial charge in [-0.25, -0.2) is 19.6 Å². The maximum absolute atomic E-state index is 14.5. The van der Waals surface area contributed by atoms with Crippen LogP contribution in [0, 0.1) is 0 Å². The molecule has 3 N–H and O–H groups in total. The number of amides is 1. The molecule has 1 saturated heterocycles. The number of benzene rings is 3. The van der Waals surface area contributed by atoms with Gasteiger partial charge in [-0.05, 0) is 79.6 Å². The summed E-state index contributed by atoms with van der Waals surface area (Å²) in [6.07, 6.45) is 6.32. The number of anilines is 1. The average Bonchev–Trinajstić information content (AvgIpc) is 3.47. The van der Waals surface area contributed by atoms with Crippen molar-refractivity contribution in [1.29, 1.82) is 0 Å². The fourth-order valence-electron chi connectivity index (χ4n) is 6.49. The first-order valence-corrected chi connectivity index (χ1v) is 16.5. The molecule has 11 nitrogen and oxygen atoms in total. The number of phenols is 1. The minimum Gasteiger partial charge on any atom is -0.508 e. The zero-order valence-electron chi connectivity index (χ0n) is 26.3. The van der Waals surface area contributed by atoms with Crippen LogP contribution in [-0.2, 0) is 24.3 Å². The van der Waals surface area contributed by atoms with Gasteiger partial charge in [-0.2, -0.15) is 5.10 Å². The molecule has 1 aliphatic rings. The lowest BCUT2D eigenvalue weighted by Gasteiger charge is -2.26. The molecule has 0 saturated carbocycles. The summed E-state index contributed by atoms with van der Waals surface area (Å²) >= 11 is 6.59. The Bertz CT molecular complexity index is 2190. The molecule has 3 aromatic heterocycles. The van der Waals surface area contributed by atoms with Gasteiger partial charge in [-0.1, -0.05) is 41.9 Å². The maximum Gasteiger partial charge on any atom is 0.262 e. The van der Waals surface area contributed by atoms with Crippen molar-refractivity contribution >= 4 is 45.3 Å². The second-order valence-corrected chi connectivity index (χ2v) is 12.5. The van der Waals surface area contributed by atoms with Gasteiger partial charge in [0.05, 0.1) is 22.8 Å². The molecule has 0 aliphatic carbocycles. The predicted octanol–water partition coefficient (Wildman–Crippen LogP) is 5.58. The van der Waals surface area contributed by atoms with E-state index >= 15 is 0 Å². The van der Waals surface area contributed by atoms with Crippen molar-refractivity contribution in [3.63, 3.8) is 0 Å². The van der Waals surface area contributed by atoms with E-state index in [9.17, 15) is 14.7 Å². The second-order valence-electron chi connectivity index (χ2n) is 12.1. The lowest BCUT2D eigenvalue weighted by Crippen LogP contribution is -2.35. The third-order valence-electron chi connectivity index (χ3n) is 8.97. The molecular weight excluding hydrogens is 628 g/mol. The molecule has 12 heteroatoms. The van der Waals surface area contributed by atoms with Crippen LogP contribution in [0.2, 0.25) is 5.02 Å². The molecule has 0 unspecified atom stereocenters. The standard InChI is InChI=1S/C36H35ClN8O3/c37-27-11-3-2-8-25(27)20-44-29(21-45-35-32(34(38)39-22-40-35)33(42-45)24-14-16-26(46)17-15-24)41-28-12-6-9-23(31(28)36(44)48)10-7-13-30(47)43-18-4-1-5-19-43/h2-3,6,8-9,11-12,14-17,22,46H,1,4-5,7,10,13,18-21H2,(H2,38,39,40). The van der Waals surface area contributed by atoms with Crippen LogP contribution in [0.3, 0.4) is 0 Å². The van der Waals surface area contributed by atoms with E-state index in [2.05, 4.69) is 9.97 Å². The normalized spacial score (nSPS) is 13.4. The summed E-state index contributed by atoms with van der Waals surface area (Å²) in [7, 11) is 0. The number of piperidine rings is 1. The number of aromatic nitrogens is 6. The summed E-state index contributed by atoms with van der Waals surface area (Å²) in [5.74, 6) is 1.03. The number of hydrogen-bond acceptors (Lipinski definition) is 8. The number of carbonyl (C=O) groups is 1. The lowest BCUT2D eigenvalue weighted by molar-refractivity contribution is -0.132. The summed E-state index contributed by atoms with van der Waals surface area (Å²) in [4.78, 5) is 43.0. The second kappa shape index (κ2) is 13.4. The quantitative estimate of drug-likeness (QED) is 0.204. The monoisotopic (exact) mass is 662 g/mol. The zero-order chi connectivity index (χ0) is 33.2. The Labute approximate surface area is 281 Å². The number of likely N-dealkylation sites (tertiary alicyclic amines) is 1. The summed E-state index contributed by atoms with van der Waals surface area (Å²) in [5, 5.41) is 16.4. The van der Waals surface area contributed by atoms with E-state index in [0.717, 1.165) is 42.6 Å². The van der Waals surface area contributed by atoms with Gasteiger partial charge in [0.25, 0.3) is 5.56 Å². The molecule has 1 amide bonds.